The molecule has 40 heavy (non-hydrogen) atoms. The van der Waals surface area contributed by atoms with E-state index in [-0.39, 0.29) is 24.7 Å². The van der Waals surface area contributed by atoms with Crippen molar-refractivity contribution in [3.63, 3.8) is 0 Å². The summed E-state index contributed by atoms with van der Waals surface area (Å²) in [6.45, 7) is 10.3. The van der Waals surface area contributed by atoms with Gasteiger partial charge in [0.05, 0.1) is 18.1 Å². The molecule has 1 aliphatic heterocycles. The van der Waals surface area contributed by atoms with Crippen molar-refractivity contribution in [3.05, 3.63) is 54.1 Å². The molecular weight excluding hydrogens is 512 g/mol. The molecule has 3 amide bonds. The van der Waals surface area contributed by atoms with Crippen LogP contribution in [0.3, 0.4) is 0 Å². The van der Waals surface area contributed by atoms with Gasteiger partial charge in [-0.3, -0.25) is 15.3 Å². The lowest BCUT2D eigenvalue weighted by molar-refractivity contribution is -0.187. The maximum Gasteiger partial charge on any atom is 0.318 e. The number of aromatic amines is 1. The second-order valence-corrected chi connectivity index (χ2v) is 10.7. The van der Waals surface area contributed by atoms with Crippen LogP contribution in [0.25, 0.3) is 0 Å². The van der Waals surface area contributed by atoms with Crippen molar-refractivity contribution in [2.75, 3.05) is 13.1 Å². The molecule has 0 spiro atoms. The van der Waals surface area contributed by atoms with Gasteiger partial charge in [-0.25, -0.2) is 9.78 Å². The van der Waals surface area contributed by atoms with E-state index < -0.39 is 35.6 Å². The highest BCUT2D eigenvalue weighted by Gasteiger charge is 2.54. The molecule has 0 saturated carbocycles. The summed E-state index contributed by atoms with van der Waals surface area (Å²) in [5.41, 5.74) is 6.82. The standard InChI is InChI=1S/C29H44N6O5/c1-6-9-15-29(30)39-25(28(4,5)40-29)24(36)22(17-21-18-31-19-32-21)33-26(37)23(16-20-13-11-10-12-14-20)34-27(38)35(7-2)8-3/h10-14,18-19,22-23,25H,6-9,15-17,30H2,1-5H3,(H,31,32)(H,33,37)(H,34,38)/t22-,23-,25?,29?/m0/s1. The van der Waals surface area contributed by atoms with Gasteiger partial charge in [0.2, 0.25) is 11.8 Å². The third-order valence-electron chi connectivity index (χ3n) is 7.10. The highest BCUT2D eigenvalue weighted by atomic mass is 16.8. The lowest BCUT2D eigenvalue weighted by Crippen LogP contribution is -2.57. The largest absolute Gasteiger partial charge is 0.351 e. The number of aromatic nitrogens is 2. The summed E-state index contributed by atoms with van der Waals surface area (Å²) in [4.78, 5) is 49.4. The van der Waals surface area contributed by atoms with Crippen LogP contribution >= 0.6 is 0 Å². The lowest BCUT2D eigenvalue weighted by Gasteiger charge is -2.28. The fourth-order valence-electron chi connectivity index (χ4n) is 4.90. The topological polar surface area (TPSA) is 152 Å². The van der Waals surface area contributed by atoms with Gasteiger partial charge in [-0.15, -0.1) is 0 Å². The third-order valence-corrected chi connectivity index (χ3v) is 7.10. The zero-order chi connectivity index (χ0) is 29.3. The minimum absolute atomic E-state index is 0.124. The minimum atomic E-state index is -1.39. The number of rotatable bonds is 14. The first-order valence-electron chi connectivity index (χ1n) is 14.1. The first-order chi connectivity index (χ1) is 19.0. The maximum absolute atomic E-state index is 14.0. The second-order valence-electron chi connectivity index (χ2n) is 10.7. The Morgan fingerprint density at radius 2 is 1.77 bits per heavy atom. The van der Waals surface area contributed by atoms with Gasteiger partial charge >= 0.3 is 6.03 Å². The van der Waals surface area contributed by atoms with Gasteiger partial charge in [0.15, 0.2) is 11.9 Å². The van der Waals surface area contributed by atoms with Crippen molar-refractivity contribution in [1.29, 1.82) is 0 Å². The molecule has 2 unspecified atom stereocenters. The van der Waals surface area contributed by atoms with Gasteiger partial charge in [-0.2, -0.15) is 0 Å². The number of ether oxygens (including phenoxy) is 2. The summed E-state index contributed by atoms with van der Waals surface area (Å²) in [6, 6.07) is 7.13. The van der Waals surface area contributed by atoms with Crippen molar-refractivity contribution in [2.45, 2.75) is 96.4 Å². The smallest absolute Gasteiger partial charge is 0.318 e. The number of unbranched alkanes of at least 4 members (excludes halogenated alkanes) is 1. The number of carbonyl (C=O) groups excluding carboxylic acids is 3. The molecule has 1 aliphatic rings. The quantitative estimate of drug-likeness (QED) is 0.279. The fraction of sp³-hybridized carbons (Fsp3) is 0.586. The van der Waals surface area contributed by atoms with Crippen molar-refractivity contribution in [1.82, 2.24) is 25.5 Å². The summed E-state index contributed by atoms with van der Waals surface area (Å²) >= 11 is 0. The second kappa shape index (κ2) is 13.9. The first kappa shape index (κ1) is 31.3. The number of amides is 3. The van der Waals surface area contributed by atoms with Gasteiger partial charge in [0.1, 0.15) is 11.6 Å². The third kappa shape index (κ3) is 8.12. The van der Waals surface area contributed by atoms with E-state index in [1.54, 1.807) is 24.9 Å². The summed E-state index contributed by atoms with van der Waals surface area (Å²) < 4.78 is 12.1. The van der Waals surface area contributed by atoms with Crippen LogP contribution in [0.1, 0.15) is 65.1 Å². The molecular formula is C29H44N6O5. The molecule has 5 N–H and O–H groups in total. The first-order valence-corrected chi connectivity index (χ1v) is 14.1. The number of Topliss-reactive ketones (excluding diaryl/α,β-unsaturated/α-hetero) is 1. The molecule has 1 aromatic carbocycles. The van der Waals surface area contributed by atoms with Crippen molar-refractivity contribution < 1.29 is 23.9 Å². The monoisotopic (exact) mass is 556 g/mol. The van der Waals surface area contributed by atoms with Gasteiger partial charge in [-0.05, 0) is 39.7 Å². The van der Waals surface area contributed by atoms with Crippen LogP contribution in [-0.4, -0.2) is 75.4 Å². The van der Waals surface area contributed by atoms with Crippen LogP contribution in [0.15, 0.2) is 42.9 Å². The summed E-state index contributed by atoms with van der Waals surface area (Å²) in [6.07, 6.45) is 4.63. The summed E-state index contributed by atoms with van der Waals surface area (Å²) in [5, 5.41) is 5.75. The Balaban J connectivity index is 1.86. The number of hydrogen-bond acceptors (Lipinski definition) is 7. The normalized spacial score (nSPS) is 21.4. The number of nitrogens with zero attached hydrogens (tertiary/aromatic N) is 2. The number of ketones is 1. The molecule has 1 saturated heterocycles. The van der Waals surface area contributed by atoms with Crippen molar-refractivity contribution in [2.24, 2.45) is 5.73 Å². The zero-order valence-corrected chi connectivity index (χ0v) is 24.2. The van der Waals surface area contributed by atoms with E-state index in [0.717, 1.165) is 18.4 Å². The highest BCUT2D eigenvalue weighted by Crippen LogP contribution is 2.37. The molecule has 220 valence electrons. The molecule has 2 heterocycles. The highest BCUT2D eigenvalue weighted by molar-refractivity contribution is 5.95. The van der Waals surface area contributed by atoms with E-state index >= 15 is 0 Å². The Kier molecular flexibility index (Phi) is 10.8. The fourth-order valence-corrected chi connectivity index (χ4v) is 4.90. The summed E-state index contributed by atoms with van der Waals surface area (Å²) in [5.74, 6) is -2.26. The van der Waals surface area contributed by atoms with E-state index in [9.17, 15) is 14.4 Å². The van der Waals surface area contributed by atoms with Gasteiger partial charge in [-0.1, -0.05) is 43.7 Å². The number of nitrogens with two attached hydrogens (primary N) is 1. The number of imidazole rings is 1. The number of H-pyrrole nitrogens is 1. The Hall–Kier alpha value is -3.28. The van der Waals surface area contributed by atoms with Gasteiger partial charge < -0.3 is 30.0 Å². The molecule has 1 aromatic heterocycles. The average Bonchev–Trinajstić information content (AvgIpc) is 3.52. The van der Waals surface area contributed by atoms with E-state index in [0.29, 0.717) is 25.2 Å². The summed E-state index contributed by atoms with van der Waals surface area (Å²) in [7, 11) is 0. The molecule has 3 rings (SSSR count). The zero-order valence-electron chi connectivity index (χ0n) is 24.2. The van der Waals surface area contributed by atoms with E-state index in [1.807, 2.05) is 51.1 Å². The SMILES string of the molecule is CCCCC1(N)OC(C(=O)[C@H](Cc2c[nH]cn2)NC(=O)[C@H](Cc2ccccc2)NC(=O)N(CC)CC)C(C)(C)O1. The van der Waals surface area contributed by atoms with Crippen molar-refractivity contribution >= 4 is 17.7 Å². The van der Waals surface area contributed by atoms with Crippen molar-refractivity contribution in [3.8, 4) is 0 Å². The number of urea groups is 1. The van der Waals surface area contributed by atoms with E-state index in [4.69, 9.17) is 15.2 Å². The predicted molar refractivity (Wildman–Crippen MR) is 151 cm³/mol. The maximum atomic E-state index is 14.0. The van der Waals surface area contributed by atoms with Crippen LogP contribution in [0.5, 0.6) is 0 Å². The van der Waals surface area contributed by atoms with Crippen LogP contribution in [0.2, 0.25) is 0 Å². The Labute approximate surface area is 236 Å². The molecule has 11 nitrogen and oxygen atoms in total. The minimum Gasteiger partial charge on any atom is -0.351 e. The molecule has 2 aromatic rings. The number of hydrogen-bond donors (Lipinski definition) is 4. The van der Waals surface area contributed by atoms with Crippen LogP contribution in [-0.2, 0) is 31.9 Å². The van der Waals surface area contributed by atoms with E-state index in [2.05, 4.69) is 20.6 Å². The Morgan fingerprint density at radius 3 is 2.38 bits per heavy atom. The Morgan fingerprint density at radius 1 is 1.07 bits per heavy atom. The van der Waals surface area contributed by atoms with Gasteiger partial charge in [0, 0.05) is 38.5 Å². The average molecular weight is 557 g/mol. The molecule has 0 bridgehead atoms. The molecule has 1 fully saturated rings. The molecule has 0 aliphatic carbocycles. The molecule has 0 radical (unpaired) electrons. The molecule has 4 atom stereocenters. The van der Waals surface area contributed by atoms with E-state index in [1.165, 1.54) is 6.33 Å². The van der Waals surface area contributed by atoms with Crippen LogP contribution < -0.4 is 16.4 Å². The predicted octanol–water partition coefficient (Wildman–Crippen LogP) is 2.67. The lowest BCUT2D eigenvalue weighted by atomic mass is 9.92. The number of nitrogens with one attached hydrogen (secondary N) is 3. The number of benzene rings is 1. The number of carbonyl (C=O) groups is 3. The molecule has 11 heteroatoms. The van der Waals surface area contributed by atoms with Crippen LogP contribution in [0.4, 0.5) is 4.79 Å². The van der Waals surface area contributed by atoms with Gasteiger partial charge in [0.25, 0.3) is 0 Å². The van der Waals surface area contributed by atoms with Crippen LogP contribution in [0, 0.1) is 0 Å². The Bertz CT molecular complexity index is 1110.